The molecule has 1 amide bonds. The van der Waals surface area contributed by atoms with Gasteiger partial charge in [-0.25, -0.2) is 9.48 Å². The van der Waals surface area contributed by atoms with Crippen molar-refractivity contribution in [2.45, 2.75) is 13.5 Å². The maximum atomic E-state index is 12.9. The molecule has 0 saturated carbocycles. The number of carbonyl (C=O) groups is 2. The zero-order valence-electron chi connectivity index (χ0n) is 18.0. The number of nitrogens with one attached hydrogen (secondary N) is 1. The number of hydrogen-bond acceptors (Lipinski definition) is 6. The predicted octanol–water partition coefficient (Wildman–Crippen LogP) is 5.89. The monoisotopic (exact) mass is 543 g/mol. The second-order valence-corrected chi connectivity index (χ2v) is 8.28. The summed E-state index contributed by atoms with van der Waals surface area (Å²) in [4.78, 5) is 25.4. The van der Waals surface area contributed by atoms with Crippen molar-refractivity contribution in [3.05, 3.63) is 93.4 Å². The van der Waals surface area contributed by atoms with E-state index in [0.717, 1.165) is 4.47 Å². The van der Waals surface area contributed by atoms with Crippen molar-refractivity contribution in [1.82, 2.24) is 9.78 Å². The number of para-hydroxylation sites is 1. The van der Waals surface area contributed by atoms with E-state index in [2.05, 4.69) is 26.3 Å². The number of ether oxygens (including phenoxy) is 2. The summed E-state index contributed by atoms with van der Waals surface area (Å²) in [6.07, 6.45) is 1.35. The molecule has 0 bridgehead atoms. The molecule has 4 aromatic rings. The molecule has 0 aliphatic carbocycles. The maximum Gasteiger partial charge on any atom is 0.343 e. The molecule has 1 N–H and O–H groups in total. The number of furan rings is 1. The first-order valence-electron chi connectivity index (χ1n) is 10.2. The summed E-state index contributed by atoms with van der Waals surface area (Å²) in [5, 5.41) is 7.41. The summed E-state index contributed by atoms with van der Waals surface area (Å²) in [5.41, 5.74) is 0.785. The molecule has 2 aromatic carbocycles. The van der Waals surface area contributed by atoms with E-state index in [1.807, 2.05) is 18.2 Å². The highest BCUT2D eigenvalue weighted by Crippen LogP contribution is 2.29. The fourth-order valence-corrected chi connectivity index (χ4v) is 3.81. The van der Waals surface area contributed by atoms with Crippen LogP contribution in [0.4, 0.5) is 5.82 Å². The van der Waals surface area contributed by atoms with Gasteiger partial charge in [0, 0.05) is 4.47 Å². The number of hydrogen-bond donors (Lipinski definition) is 1. The normalized spacial score (nSPS) is 10.7. The van der Waals surface area contributed by atoms with Crippen molar-refractivity contribution in [2.24, 2.45) is 0 Å². The highest BCUT2D eigenvalue weighted by atomic mass is 79.9. The van der Waals surface area contributed by atoms with Crippen LogP contribution < -0.4 is 10.1 Å². The second-order valence-electron chi connectivity index (χ2n) is 6.96. The highest BCUT2D eigenvalue weighted by Gasteiger charge is 2.23. The van der Waals surface area contributed by atoms with Crippen molar-refractivity contribution in [3.8, 4) is 11.4 Å². The second kappa shape index (κ2) is 10.6. The zero-order chi connectivity index (χ0) is 24.1. The minimum Gasteiger partial charge on any atom is -0.484 e. The zero-order valence-corrected chi connectivity index (χ0v) is 20.3. The SMILES string of the molecule is CCOC(=O)c1cnn(-c2ccccc2)c1NC(=O)c1ccc(COc2ccc(Br)cc2Cl)o1. The van der Waals surface area contributed by atoms with Crippen LogP contribution in [0.1, 0.15) is 33.6 Å². The third-order valence-electron chi connectivity index (χ3n) is 4.65. The van der Waals surface area contributed by atoms with Crippen molar-refractivity contribution < 1.29 is 23.5 Å². The molecule has 0 fully saturated rings. The quantitative estimate of drug-likeness (QED) is 0.278. The van der Waals surface area contributed by atoms with Gasteiger partial charge in [0.25, 0.3) is 5.91 Å². The Bertz CT molecular complexity index is 1320. The van der Waals surface area contributed by atoms with E-state index in [4.69, 9.17) is 25.5 Å². The predicted molar refractivity (Wildman–Crippen MR) is 130 cm³/mol. The number of benzene rings is 2. The largest absolute Gasteiger partial charge is 0.484 e. The lowest BCUT2D eigenvalue weighted by Crippen LogP contribution is -2.17. The fourth-order valence-electron chi connectivity index (χ4n) is 3.08. The summed E-state index contributed by atoms with van der Waals surface area (Å²) in [6.45, 7) is 1.96. The van der Waals surface area contributed by atoms with Gasteiger partial charge in [0.05, 0.1) is 23.5 Å². The molecule has 2 heterocycles. The lowest BCUT2D eigenvalue weighted by molar-refractivity contribution is 0.0527. The van der Waals surface area contributed by atoms with E-state index in [9.17, 15) is 9.59 Å². The van der Waals surface area contributed by atoms with Crippen LogP contribution in [0, 0.1) is 0 Å². The Hall–Kier alpha value is -3.56. The van der Waals surface area contributed by atoms with Crippen molar-refractivity contribution in [3.63, 3.8) is 0 Å². The first-order chi connectivity index (χ1) is 16.5. The van der Waals surface area contributed by atoms with Crippen LogP contribution in [-0.2, 0) is 11.3 Å². The van der Waals surface area contributed by atoms with Crippen LogP contribution in [0.25, 0.3) is 5.69 Å². The number of halogens is 2. The Morgan fingerprint density at radius 2 is 1.94 bits per heavy atom. The van der Waals surface area contributed by atoms with E-state index in [1.165, 1.54) is 16.9 Å². The first-order valence-corrected chi connectivity index (χ1v) is 11.4. The van der Waals surface area contributed by atoms with Gasteiger partial charge in [-0.1, -0.05) is 45.7 Å². The lowest BCUT2D eigenvalue weighted by Gasteiger charge is -2.10. The number of amides is 1. The van der Waals surface area contributed by atoms with Crippen LogP contribution in [-0.4, -0.2) is 28.3 Å². The number of anilines is 1. The average molecular weight is 545 g/mol. The van der Waals surface area contributed by atoms with Gasteiger partial charge in [0.15, 0.2) is 11.6 Å². The van der Waals surface area contributed by atoms with Gasteiger partial charge in [0.1, 0.15) is 23.7 Å². The van der Waals surface area contributed by atoms with Crippen molar-refractivity contribution in [1.29, 1.82) is 0 Å². The summed E-state index contributed by atoms with van der Waals surface area (Å²) in [5.74, 6) is -0.0397. The van der Waals surface area contributed by atoms with Crippen LogP contribution in [0.5, 0.6) is 5.75 Å². The molecule has 2 aromatic heterocycles. The van der Waals surface area contributed by atoms with Crippen LogP contribution in [0.2, 0.25) is 5.02 Å². The summed E-state index contributed by atoms with van der Waals surface area (Å²) in [6, 6.07) is 17.5. The smallest absolute Gasteiger partial charge is 0.343 e. The molecular formula is C24H19BrClN3O5. The molecular weight excluding hydrogens is 526 g/mol. The fraction of sp³-hybridized carbons (Fsp3) is 0.125. The summed E-state index contributed by atoms with van der Waals surface area (Å²) >= 11 is 9.50. The van der Waals surface area contributed by atoms with E-state index < -0.39 is 11.9 Å². The maximum absolute atomic E-state index is 12.9. The lowest BCUT2D eigenvalue weighted by atomic mass is 10.3. The van der Waals surface area contributed by atoms with Gasteiger partial charge in [-0.3, -0.25) is 4.79 Å². The van der Waals surface area contributed by atoms with Gasteiger partial charge in [-0.15, -0.1) is 0 Å². The van der Waals surface area contributed by atoms with Crippen LogP contribution in [0.15, 0.2) is 75.8 Å². The number of nitrogens with zero attached hydrogens (tertiary/aromatic N) is 2. The molecule has 4 rings (SSSR count). The molecule has 0 radical (unpaired) electrons. The topological polar surface area (TPSA) is 95.6 Å². The first kappa shape index (κ1) is 23.6. The molecule has 0 spiro atoms. The summed E-state index contributed by atoms with van der Waals surface area (Å²) in [7, 11) is 0. The molecule has 34 heavy (non-hydrogen) atoms. The number of rotatable bonds is 8. The van der Waals surface area contributed by atoms with E-state index in [1.54, 1.807) is 43.3 Å². The molecule has 0 unspecified atom stereocenters. The van der Waals surface area contributed by atoms with Gasteiger partial charge in [-0.05, 0) is 49.4 Å². The molecule has 8 nitrogen and oxygen atoms in total. The molecule has 0 aliphatic heterocycles. The Morgan fingerprint density at radius 1 is 1.15 bits per heavy atom. The molecule has 0 saturated heterocycles. The Balaban J connectivity index is 1.53. The van der Waals surface area contributed by atoms with E-state index >= 15 is 0 Å². The molecule has 0 atom stereocenters. The van der Waals surface area contributed by atoms with Gasteiger partial charge in [-0.2, -0.15) is 5.10 Å². The van der Waals surface area contributed by atoms with Crippen LogP contribution in [0.3, 0.4) is 0 Å². The van der Waals surface area contributed by atoms with Gasteiger partial charge < -0.3 is 19.2 Å². The van der Waals surface area contributed by atoms with E-state index in [0.29, 0.717) is 22.2 Å². The highest BCUT2D eigenvalue weighted by molar-refractivity contribution is 9.10. The standard InChI is InChI=1S/C24H19BrClN3O5/c1-2-32-24(31)18-13-27-29(16-6-4-3-5-7-16)22(18)28-23(30)21-11-9-17(34-21)14-33-20-10-8-15(25)12-19(20)26/h3-13H,2,14H2,1H3,(H,28,30). The average Bonchev–Trinajstić information content (AvgIpc) is 3.47. The van der Waals surface area contributed by atoms with Crippen molar-refractivity contribution >= 4 is 45.2 Å². The van der Waals surface area contributed by atoms with Crippen molar-refractivity contribution in [2.75, 3.05) is 11.9 Å². The molecule has 0 aliphatic rings. The van der Waals surface area contributed by atoms with Gasteiger partial charge >= 0.3 is 5.97 Å². The van der Waals surface area contributed by atoms with Gasteiger partial charge in [0.2, 0.25) is 0 Å². The van der Waals surface area contributed by atoms with E-state index in [-0.39, 0.29) is 30.4 Å². The Morgan fingerprint density at radius 3 is 2.68 bits per heavy atom. The number of carbonyl (C=O) groups excluding carboxylic acids is 2. The minimum atomic E-state index is -0.597. The van der Waals surface area contributed by atoms with Crippen LogP contribution >= 0.6 is 27.5 Å². The molecule has 10 heteroatoms. The number of esters is 1. The number of aromatic nitrogens is 2. The Kier molecular flexibility index (Phi) is 7.34. The molecule has 174 valence electrons. The third-order valence-corrected chi connectivity index (χ3v) is 5.44. The third kappa shape index (κ3) is 5.32. The summed E-state index contributed by atoms with van der Waals surface area (Å²) < 4.78 is 18.7. The Labute approximate surface area is 208 Å². The minimum absolute atomic E-state index is 0.0381.